The van der Waals surface area contributed by atoms with Crippen molar-refractivity contribution in [2.24, 2.45) is 0 Å². The number of hydrogen-bond donors (Lipinski definition) is 2. The van der Waals surface area contributed by atoms with E-state index in [0.717, 1.165) is 22.6 Å². The molecular formula is C19H16N8. The number of rotatable bonds is 3. The summed E-state index contributed by atoms with van der Waals surface area (Å²) >= 11 is 0. The van der Waals surface area contributed by atoms with Crippen molar-refractivity contribution in [2.75, 3.05) is 5.73 Å². The molecule has 0 atom stereocenters. The Labute approximate surface area is 155 Å². The summed E-state index contributed by atoms with van der Waals surface area (Å²) in [5, 5.41) is 16.8. The molecule has 0 spiro atoms. The highest BCUT2D eigenvalue weighted by molar-refractivity contribution is 5.80. The van der Waals surface area contributed by atoms with Gasteiger partial charge in [-0.3, -0.25) is 9.67 Å². The summed E-state index contributed by atoms with van der Waals surface area (Å²) in [6.45, 7) is 3.82. The number of anilines is 1. The fourth-order valence-corrected chi connectivity index (χ4v) is 3.13. The van der Waals surface area contributed by atoms with Crippen molar-refractivity contribution >= 4 is 5.82 Å². The van der Waals surface area contributed by atoms with E-state index >= 15 is 0 Å². The maximum absolute atomic E-state index is 9.66. The first-order valence-corrected chi connectivity index (χ1v) is 8.28. The number of nitrogen functional groups attached to an aromatic ring is 1. The van der Waals surface area contributed by atoms with Crippen LogP contribution >= 0.6 is 0 Å². The third kappa shape index (κ3) is 2.71. The second kappa shape index (κ2) is 6.38. The van der Waals surface area contributed by atoms with Crippen molar-refractivity contribution in [3.63, 3.8) is 0 Å². The molecule has 4 heterocycles. The lowest BCUT2D eigenvalue weighted by Crippen LogP contribution is -2.04. The average molecular weight is 356 g/mol. The minimum Gasteiger partial charge on any atom is -0.383 e. The van der Waals surface area contributed by atoms with Crippen molar-refractivity contribution in [1.29, 1.82) is 5.26 Å². The number of nitrogens with one attached hydrogen (secondary N) is 1. The van der Waals surface area contributed by atoms with Gasteiger partial charge in [-0.15, -0.1) is 0 Å². The van der Waals surface area contributed by atoms with Crippen molar-refractivity contribution in [3.8, 4) is 34.5 Å². The van der Waals surface area contributed by atoms with Crippen LogP contribution in [0.15, 0.2) is 42.9 Å². The van der Waals surface area contributed by atoms with Gasteiger partial charge in [0, 0.05) is 35.4 Å². The van der Waals surface area contributed by atoms with Crippen molar-refractivity contribution in [3.05, 3.63) is 59.8 Å². The van der Waals surface area contributed by atoms with Crippen molar-refractivity contribution in [2.45, 2.75) is 13.8 Å². The van der Waals surface area contributed by atoms with E-state index in [2.05, 4.69) is 31.2 Å². The molecule has 0 saturated carbocycles. The van der Waals surface area contributed by atoms with E-state index in [1.807, 2.05) is 42.8 Å². The molecule has 3 N–H and O–H groups in total. The van der Waals surface area contributed by atoms with Gasteiger partial charge in [-0.1, -0.05) is 0 Å². The molecule has 8 heteroatoms. The second-order valence-electron chi connectivity index (χ2n) is 6.05. The van der Waals surface area contributed by atoms with Crippen LogP contribution in [0.1, 0.15) is 17.0 Å². The summed E-state index contributed by atoms with van der Waals surface area (Å²) in [4.78, 5) is 13.0. The maximum atomic E-state index is 9.66. The third-order valence-electron chi connectivity index (χ3n) is 4.34. The molecule has 0 aromatic carbocycles. The van der Waals surface area contributed by atoms with Gasteiger partial charge in [0.1, 0.15) is 17.5 Å². The number of nitrogens with two attached hydrogens (primary N) is 1. The number of hydrogen-bond acceptors (Lipinski definition) is 6. The van der Waals surface area contributed by atoms with Crippen LogP contribution in [0.3, 0.4) is 0 Å². The van der Waals surface area contributed by atoms with Gasteiger partial charge in [0.15, 0.2) is 0 Å². The predicted octanol–water partition coefficient (Wildman–Crippen LogP) is 2.79. The summed E-state index contributed by atoms with van der Waals surface area (Å²) in [6, 6.07) is 9.54. The number of nitriles is 1. The summed E-state index contributed by atoms with van der Waals surface area (Å²) < 4.78 is 1.81. The first-order valence-electron chi connectivity index (χ1n) is 8.28. The highest BCUT2D eigenvalue weighted by atomic mass is 15.1. The Morgan fingerprint density at radius 3 is 2.63 bits per heavy atom. The summed E-state index contributed by atoms with van der Waals surface area (Å²) in [5.74, 6) is 0.681. The minimum atomic E-state index is 0.173. The Morgan fingerprint density at radius 1 is 1.19 bits per heavy atom. The van der Waals surface area contributed by atoms with Crippen LogP contribution in [0.4, 0.5) is 5.82 Å². The SMILES string of the molecule is Cc1n[nH]c(C)c1-c1cc(-c2cccn2-c2ncccn2)c(C#N)c(N)n1. The van der Waals surface area contributed by atoms with Gasteiger partial charge in [0.05, 0.1) is 17.1 Å². The molecule has 0 aliphatic heterocycles. The zero-order chi connectivity index (χ0) is 19.0. The lowest BCUT2D eigenvalue weighted by Gasteiger charge is -2.12. The standard InChI is InChI=1S/C19H16N8/c1-11-17(12(2)26-25-11)15-9-13(14(10-20)18(21)24-15)16-5-3-8-27(16)19-22-6-4-7-23-19/h3-9H,1-2H3,(H2,21,24)(H,25,26). The number of nitrogens with zero attached hydrogens (tertiary/aromatic N) is 6. The van der Waals surface area contributed by atoms with Crippen LogP contribution in [0.25, 0.3) is 28.5 Å². The molecule has 8 nitrogen and oxygen atoms in total. The molecule has 132 valence electrons. The Bertz CT molecular complexity index is 1140. The number of aromatic nitrogens is 6. The molecular weight excluding hydrogens is 340 g/mol. The smallest absolute Gasteiger partial charge is 0.234 e. The lowest BCUT2D eigenvalue weighted by atomic mass is 10.0. The molecule has 0 unspecified atom stereocenters. The molecule has 0 fully saturated rings. The van der Waals surface area contributed by atoms with E-state index in [1.165, 1.54) is 0 Å². The number of aryl methyl sites for hydroxylation is 2. The molecule has 4 rings (SSSR count). The third-order valence-corrected chi connectivity index (χ3v) is 4.34. The topological polar surface area (TPSA) is 122 Å². The van der Waals surface area contributed by atoms with Crippen molar-refractivity contribution in [1.82, 2.24) is 29.7 Å². The zero-order valence-corrected chi connectivity index (χ0v) is 14.8. The summed E-state index contributed by atoms with van der Waals surface area (Å²) in [6.07, 6.45) is 5.18. The average Bonchev–Trinajstić information content (AvgIpc) is 3.28. The maximum Gasteiger partial charge on any atom is 0.234 e. The van der Waals surface area contributed by atoms with Crippen LogP contribution in [0, 0.1) is 25.2 Å². The van der Waals surface area contributed by atoms with E-state index in [1.54, 1.807) is 18.5 Å². The van der Waals surface area contributed by atoms with Gasteiger partial charge < -0.3 is 5.73 Å². The van der Waals surface area contributed by atoms with Crippen LogP contribution in [-0.2, 0) is 0 Å². The first kappa shape index (κ1) is 16.5. The predicted molar refractivity (Wildman–Crippen MR) is 101 cm³/mol. The minimum absolute atomic E-state index is 0.173. The van der Waals surface area contributed by atoms with Crippen LogP contribution < -0.4 is 5.73 Å². The zero-order valence-electron chi connectivity index (χ0n) is 14.8. The normalized spacial score (nSPS) is 10.7. The van der Waals surface area contributed by atoms with Gasteiger partial charge in [0.2, 0.25) is 5.95 Å². The van der Waals surface area contributed by atoms with Crippen LogP contribution in [-0.4, -0.2) is 29.7 Å². The Hall–Kier alpha value is -3.99. The van der Waals surface area contributed by atoms with Crippen LogP contribution in [0.5, 0.6) is 0 Å². The highest BCUT2D eigenvalue weighted by Gasteiger charge is 2.19. The molecule has 0 radical (unpaired) electrons. The van der Waals surface area contributed by atoms with Crippen LogP contribution in [0.2, 0.25) is 0 Å². The molecule has 4 aromatic heterocycles. The van der Waals surface area contributed by atoms with Gasteiger partial charge >= 0.3 is 0 Å². The van der Waals surface area contributed by atoms with Gasteiger partial charge in [-0.25, -0.2) is 15.0 Å². The van der Waals surface area contributed by atoms with E-state index in [0.29, 0.717) is 22.8 Å². The van der Waals surface area contributed by atoms with E-state index in [-0.39, 0.29) is 5.82 Å². The number of H-pyrrole nitrogens is 1. The van der Waals surface area contributed by atoms with E-state index in [9.17, 15) is 5.26 Å². The Morgan fingerprint density at radius 2 is 1.96 bits per heavy atom. The summed E-state index contributed by atoms with van der Waals surface area (Å²) in [7, 11) is 0. The first-order chi connectivity index (χ1) is 13.1. The monoisotopic (exact) mass is 356 g/mol. The molecule has 4 aromatic rings. The second-order valence-corrected chi connectivity index (χ2v) is 6.05. The van der Waals surface area contributed by atoms with Gasteiger partial charge in [-0.2, -0.15) is 10.4 Å². The molecule has 27 heavy (non-hydrogen) atoms. The molecule has 0 bridgehead atoms. The largest absolute Gasteiger partial charge is 0.383 e. The van der Waals surface area contributed by atoms with Crippen molar-refractivity contribution < 1.29 is 0 Å². The molecule has 0 amide bonds. The fourth-order valence-electron chi connectivity index (χ4n) is 3.13. The summed E-state index contributed by atoms with van der Waals surface area (Å²) in [5.41, 5.74) is 11.1. The lowest BCUT2D eigenvalue weighted by molar-refractivity contribution is 0.941. The van der Waals surface area contributed by atoms with E-state index < -0.39 is 0 Å². The molecule has 0 saturated heterocycles. The molecule has 0 aliphatic rings. The number of pyridine rings is 1. The van der Waals surface area contributed by atoms with Gasteiger partial charge in [0.25, 0.3) is 0 Å². The highest BCUT2D eigenvalue weighted by Crippen LogP contribution is 2.33. The number of aromatic amines is 1. The quantitative estimate of drug-likeness (QED) is 0.582. The fraction of sp³-hybridized carbons (Fsp3) is 0.105. The molecule has 0 aliphatic carbocycles. The Kier molecular flexibility index (Phi) is 3.90. The Balaban J connectivity index is 1.97. The van der Waals surface area contributed by atoms with E-state index in [4.69, 9.17) is 5.73 Å². The van der Waals surface area contributed by atoms with Gasteiger partial charge in [-0.05, 0) is 38.1 Å².